The number of benzene rings is 1. The van der Waals surface area contributed by atoms with Crippen LogP contribution in [0.2, 0.25) is 5.02 Å². The summed E-state index contributed by atoms with van der Waals surface area (Å²) in [4.78, 5) is 11.7. The molecule has 0 fully saturated rings. The molecular weight excluding hydrogens is 319 g/mol. The number of nitrogens with zero attached hydrogens (tertiary/aromatic N) is 2. The molecule has 0 atom stereocenters. The predicted octanol–water partition coefficient (Wildman–Crippen LogP) is 2.91. The van der Waals surface area contributed by atoms with E-state index in [1.807, 2.05) is 0 Å². The van der Waals surface area contributed by atoms with Crippen LogP contribution in [0.4, 0.5) is 13.2 Å². The summed E-state index contributed by atoms with van der Waals surface area (Å²) in [6.45, 7) is 0.747. The molecule has 0 spiro atoms. The highest BCUT2D eigenvalue weighted by Crippen LogP contribution is 2.29. The molecule has 0 bridgehead atoms. The molecule has 1 aromatic heterocycles. The van der Waals surface area contributed by atoms with Crippen LogP contribution in [0.3, 0.4) is 0 Å². The van der Waals surface area contributed by atoms with Crippen molar-refractivity contribution in [3.05, 3.63) is 52.8 Å². The molecule has 2 aromatic rings. The summed E-state index contributed by atoms with van der Waals surface area (Å²) in [5.41, 5.74) is -0.446. The smallest absolute Gasteiger partial charge is 0.354 e. The second-order valence-corrected chi connectivity index (χ2v) is 5.08. The fourth-order valence-corrected chi connectivity index (χ4v) is 2.03. The molecule has 118 valence electrons. The van der Waals surface area contributed by atoms with Crippen molar-refractivity contribution in [1.82, 2.24) is 15.1 Å². The van der Waals surface area contributed by atoms with E-state index in [2.05, 4.69) is 10.4 Å². The molecule has 1 amide bonds. The van der Waals surface area contributed by atoms with Gasteiger partial charge in [0.05, 0.1) is 29.7 Å². The zero-order valence-electron chi connectivity index (χ0n) is 11.4. The second-order valence-electron chi connectivity index (χ2n) is 4.65. The third-order valence-electron chi connectivity index (χ3n) is 2.88. The highest BCUT2D eigenvalue weighted by molar-refractivity contribution is 6.30. The van der Waals surface area contributed by atoms with E-state index in [1.54, 1.807) is 10.9 Å². The first-order chi connectivity index (χ1) is 10.3. The van der Waals surface area contributed by atoms with Crippen LogP contribution in [0.5, 0.6) is 0 Å². The first-order valence-electron chi connectivity index (χ1n) is 6.45. The van der Waals surface area contributed by atoms with Crippen molar-refractivity contribution in [2.45, 2.75) is 19.1 Å². The minimum Gasteiger partial charge on any atom is -0.354 e. The summed E-state index contributed by atoms with van der Waals surface area (Å²) in [6.07, 6.45) is -1.43. The molecule has 1 aromatic carbocycles. The number of hydrogen-bond donors (Lipinski definition) is 1. The van der Waals surface area contributed by atoms with Crippen LogP contribution in [-0.4, -0.2) is 22.2 Å². The number of carbonyl (C=O) groups excluding carboxylic acids is 1. The summed E-state index contributed by atoms with van der Waals surface area (Å²) in [5.74, 6) is -0.349. The lowest BCUT2D eigenvalue weighted by Gasteiger charge is -2.09. The SMILES string of the molecule is O=C(Cc1cccc(C(F)(F)F)c1)NCCn1cc(Cl)cn1. The fourth-order valence-electron chi connectivity index (χ4n) is 1.88. The van der Waals surface area contributed by atoms with Gasteiger partial charge in [0.1, 0.15) is 0 Å². The number of alkyl halides is 3. The van der Waals surface area contributed by atoms with Crippen molar-refractivity contribution in [3.63, 3.8) is 0 Å². The number of nitrogens with one attached hydrogen (secondary N) is 1. The van der Waals surface area contributed by atoms with Gasteiger partial charge in [-0.05, 0) is 11.6 Å². The van der Waals surface area contributed by atoms with Gasteiger partial charge in [-0.1, -0.05) is 29.8 Å². The maximum Gasteiger partial charge on any atom is 0.416 e. The molecule has 0 aliphatic heterocycles. The first kappa shape index (κ1) is 16.4. The van der Waals surface area contributed by atoms with Crippen molar-refractivity contribution in [3.8, 4) is 0 Å². The number of halogens is 4. The monoisotopic (exact) mass is 331 g/mol. The zero-order valence-corrected chi connectivity index (χ0v) is 12.2. The van der Waals surface area contributed by atoms with Crippen molar-refractivity contribution in [2.75, 3.05) is 6.54 Å². The topological polar surface area (TPSA) is 46.9 Å². The number of aromatic nitrogens is 2. The number of amides is 1. The second kappa shape index (κ2) is 6.83. The van der Waals surface area contributed by atoms with Crippen LogP contribution in [0.15, 0.2) is 36.7 Å². The lowest BCUT2D eigenvalue weighted by Crippen LogP contribution is -2.28. The quantitative estimate of drug-likeness (QED) is 0.915. The highest BCUT2D eigenvalue weighted by Gasteiger charge is 2.30. The van der Waals surface area contributed by atoms with E-state index in [4.69, 9.17) is 11.6 Å². The van der Waals surface area contributed by atoms with Crippen molar-refractivity contribution in [1.29, 1.82) is 0 Å². The van der Waals surface area contributed by atoms with Gasteiger partial charge in [-0.3, -0.25) is 9.48 Å². The van der Waals surface area contributed by atoms with E-state index >= 15 is 0 Å². The lowest BCUT2D eigenvalue weighted by atomic mass is 10.1. The Labute approximate surface area is 129 Å². The molecule has 0 saturated heterocycles. The molecule has 0 aliphatic rings. The molecule has 8 heteroatoms. The van der Waals surface area contributed by atoms with Gasteiger partial charge >= 0.3 is 6.18 Å². The molecule has 0 unspecified atom stereocenters. The van der Waals surface area contributed by atoms with Crippen LogP contribution in [0, 0.1) is 0 Å². The minimum absolute atomic E-state index is 0.107. The zero-order chi connectivity index (χ0) is 16.2. The fraction of sp³-hybridized carbons (Fsp3) is 0.286. The van der Waals surface area contributed by atoms with Gasteiger partial charge in [-0.15, -0.1) is 0 Å². The van der Waals surface area contributed by atoms with Gasteiger partial charge in [0.2, 0.25) is 5.91 Å². The Morgan fingerprint density at radius 3 is 2.77 bits per heavy atom. The Hall–Kier alpha value is -2.02. The summed E-state index contributed by atoms with van der Waals surface area (Å²) in [5, 5.41) is 7.06. The summed E-state index contributed by atoms with van der Waals surface area (Å²) in [7, 11) is 0. The molecule has 4 nitrogen and oxygen atoms in total. The van der Waals surface area contributed by atoms with Gasteiger partial charge in [0.25, 0.3) is 0 Å². The van der Waals surface area contributed by atoms with Crippen LogP contribution in [0.1, 0.15) is 11.1 Å². The van der Waals surface area contributed by atoms with Crippen molar-refractivity contribution in [2.24, 2.45) is 0 Å². The van der Waals surface area contributed by atoms with E-state index < -0.39 is 11.7 Å². The van der Waals surface area contributed by atoms with Gasteiger partial charge in [-0.25, -0.2) is 0 Å². The lowest BCUT2D eigenvalue weighted by molar-refractivity contribution is -0.137. The predicted molar refractivity (Wildman–Crippen MR) is 75.4 cm³/mol. The Bertz CT molecular complexity index is 655. The van der Waals surface area contributed by atoms with E-state index in [1.165, 1.54) is 18.3 Å². The molecule has 0 aliphatic carbocycles. The molecule has 2 rings (SSSR count). The molecule has 1 N–H and O–H groups in total. The maximum atomic E-state index is 12.6. The summed E-state index contributed by atoms with van der Waals surface area (Å²) < 4.78 is 39.3. The average molecular weight is 332 g/mol. The summed E-state index contributed by atoms with van der Waals surface area (Å²) in [6, 6.07) is 4.73. The molecule has 0 saturated carbocycles. The standard InChI is InChI=1S/C14H13ClF3N3O/c15-12-8-20-21(9-12)5-4-19-13(22)7-10-2-1-3-11(6-10)14(16,17)18/h1-3,6,8-9H,4-5,7H2,(H,19,22). The Kier molecular flexibility index (Phi) is 5.07. The number of carbonyl (C=O) groups is 1. The summed E-state index contributed by atoms with van der Waals surface area (Å²) >= 11 is 5.70. The van der Waals surface area contributed by atoms with Crippen LogP contribution < -0.4 is 5.32 Å². The van der Waals surface area contributed by atoms with E-state index in [-0.39, 0.29) is 12.3 Å². The third-order valence-corrected chi connectivity index (χ3v) is 3.08. The Morgan fingerprint density at radius 2 is 2.14 bits per heavy atom. The average Bonchev–Trinajstić information content (AvgIpc) is 2.84. The van der Waals surface area contributed by atoms with E-state index in [9.17, 15) is 18.0 Å². The van der Waals surface area contributed by atoms with Crippen LogP contribution in [0.25, 0.3) is 0 Å². The first-order valence-corrected chi connectivity index (χ1v) is 6.83. The molecule has 1 heterocycles. The molecule has 0 radical (unpaired) electrons. The Morgan fingerprint density at radius 1 is 1.36 bits per heavy atom. The number of rotatable bonds is 5. The van der Waals surface area contributed by atoms with E-state index in [0.29, 0.717) is 23.7 Å². The van der Waals surface area contributed by atoms with Crippen LogP contribution >= 0.6 is 11.6 Å². The van der Waals surface area contributed by atoms with E-state index in [0.717, 1.165) is 12.1 Å². The van der Waals surface area contributed by atoms with Gasteiger partial charge < -0.3 is 5.32 Å². The van der Waals surface area contributed by atoms with Crippen LogP contribution in [-0.2, 0) is 23.9 Å². The largest absolute Gasteiger partial charge is 0.416 e. The number of hydrogen-bond acceptors (Lipinski definition) is 2. The molecule has 22 heavy (non-hydrogen) atoms. The maximum absolute atomic E-state index is 12.6. The van der Waals surface area contributed by atoms with Crippen molar-refractivity contribution < 1.29 is 18.0 Å². The third kappa shape index (κ3) is 4.77. The highest BCUT2D eigenvalue weighted by atomic mass is 35.5. The minimum atomic E-state index is -4.41. The van der Waals surface area contributed by atoms with Gasteiger partial charge in [-0.2, -0.15) is 18.3 Å². The van der Waals surface area contributed by atoms with Gasteiger partial charge in [0.15, 0.2) is 0 Å². The normalized spacial score (nSPS) is 11.5. The molecular formula is C14H13ClF3N3O. The Balaban J connectivity index is 1.84. The van der Waals surface area contributed by atoms with Crippen molar-refractivity contribution >= 4 is 17.5 Å². The van der Waals surface area contributed by atoms with Gasteiger partial charge in [0, 0.05) is 12.7 Å².